The van der Waals surface area contributed by atoms with Gasteiger partial charge < -0.3 is 15.7 Å². The molecule has 1 amide bonds. The van der Waals surface area contributed by atoms with Gasteiger partial charge in [0, 0.05) is 28.3 Å². The number of aryl methyl sites for hydroxylation is 1. The van der Waals surface area contributed by atoms with Crippen molar-refractivity contribution >= 4 is 33.2 Å². The number of halogens is 1. The molecule has 0 aliphatic heterocycles. The number of aromatic hydroxyl groups is 1. The predicted octanol–water partition coefficient (Wildman–Crippen LogP) is 3.71. The van der Waals surface area contributed by atoms with Crippen molar-refractivity contribution in [1.82, 2.24) is 0 Å². The molecule has 0 saturated heterocycles. The Hall–Kier alpha value is -2.01. The maximum Gasteiger partial charge on any atom is 0.258 e. The van der Waals surface area contributed by atoms with Crippen LogP contribution < -0.4 is 10.6 Å². The third-order valence-corrected chi connectivity index (χ3v) is 3.67. The number of carbonyl (C=O) groups excluding carboxylic acids is 1. The van der Waals surface area contributed by atoms with E-state index in [4.69, 9.17) is 5.73 Å². The lowest BCUT2D eigenvalue weighted by Gasteiger charge is -2.23. The van der Waals surface area contributed by atoms with Crippen LogP contribution in [0.2, 0.25) is 0 Å². The molecule has 0 bridgehead atoms. The van der Waals surface area contributed by atoms with Crippen LogP contribution in [0.25, 0.3) is 0 Å². The molecule has 4 nitrogen and oxygen atoms in total. The average molecular weight is 349 g/mol. The van der Waals surface area contributed by atoms with E-state index in [2.05, 4.69) is 15.9 Å². The highest BCUT2D eigenvalue weighted by atomic mass is 79.9. The molecule has 2 aromatic rings. The van der Waals surface area contributed by atoms with Crippen molar-refractivity contribution in [2.24, 2.45) is 0 Å². The Kier molecular flexibility index (Phi) is 4.53. The summed E-state index contributed by atoms with van der Waals surface area (Å²) in [6.07, 6.45) is 0. The zero-order valence-electron chi connectivity index (χ0n) is 11.9. The average Bonchev–Trinajstić information content (AvgIpc) is 2.42. The number of nitrogen functional groups attached to an aromatic ring is 1. The summed E-state index contributed by atoms with van der Waals surface area (Å²) in [6, 6.07) is 10.1. The van der Waals surface area contributed by atoms with E-state index in [1.165, 1.54) is 0 Å². The monoisotopic (exact) mass is 348 g/mol. The number of phenolic OH excluding ortho intramolecular Hbond substituents is 1. The van der Waals surface area contributed by atoms with E-state index in [0.717, 1.165) is 10.0 Å². The second-order valence-electron chi connectivity index (χ2n) is 4.79. The molecule has 0 saturated carbocycles. The minimum Gasteiger partial charge on any atom is -0.508 e. The van der Waals surface area contributed by atoms with Crippen molar-refractivity contribution in [3.8, 4) is 5.75 Å². The van der Waals surface area contributed by atoms with Crippen molar-refractivity contribution in [2.75, 3.05) is 17.2 Å². The number of anilines is 2. The van der Waals surface area contributed by atoms with Crippen LogP contribution in [0.1, 0.15) is 22.8 Å². The van der Waals surface area contributed by atoms with Gasteiger partial charge in [0.2, 0.25) is 0 Å². The number of nitrogens with zero attached hydrogens (tertiary/aromatic N) is 1. The number of nitrogens with two attached hydrogens (primary N) is 1. The van der Waals surface area contributed by atoms with E-state index in [-0.39, 0.29) is 11.7 Å². The third-order valence-electron chi connectivity index (χ3n) is 3.21. The van der Waals surface area contributed by atoms with Crippen LogP contribution >= 0.6 is 15.9 Å². The molecule has 0 fully saturated rings. The van der Waals surface area contributed by atoms with Gasteiger partial charge in [0.15, 0.2) is 0 Å². The Morgan fingerprint density at radius 3 is 2.62 bits per heavy atom. The van der Waals surface area contributed by atoms with Gasteiger partial charge in [-0.1, -0.05) is 22.0 Å². The number of benzene rings is 2. The number of rotatable bonds is 3. The van der Waals surface area contributed by atoms with Crippen LogP contribution in [0, 0.1) is 6.92 Å². The minimum absolute atomic E-state index is 0.135. The summed E-state index contributed by atoms with van der Waals surface area (Å²) in [7, 11) is 0. The van der Waals surface area contributed by atoms with Crippen LogP contribution in [0.3, 0.4) is 0 Å². The number of hydrogen-bond donors (Lipinski definition) is 2. The molecule has 0 heterocycles. The molecular weight excluding hydrogens is 332 g/mol. The second-order valence-corrected chi connectivity index (χ2v) is 5.71. The number of hydrogen-bond acceptors (Lipinski definition) is 3. The number of carbonyl (C=O) groups is 1. The zero-order chi connectivity index (χ0) is 15.6. The maximum atomic E-state index is 12.7. The highest BCUT2D eigenvalue weighted by molar-refractivity contribution is 9.10. The van der Waals surface area contributed by atoms with E-state index in [1.54, 1.807) is 41.3 Å². The summed E-state index contributed by atoms with van der Waals surface area (Å²) < 4.78 is 0.759. The highest BCUT2D eigenvalue weighted by Gasteiger charge is 2.19. The van der Waals surface area contributed by atoms with Crippen LogP contribution in [0.5, 0.6) is 5.75 Å². The predicted molar refractivity (Wildman–Crippen MR) is 88.7 cm³/mol. The van der Waals surface area contributed by atoms with Gasteiger partial charge in [-0.25, -0.2) is 0 Å². The van der Waals surface area contributed by atoms with E-state index >= 15 is 0 Å². The molecule has 0 spiro atoms. The molecule has 21 heavy (non-hydrogen) atoms. The van der Waals surface area contributed by atoms with Gasteiger partial charge in [-0.05, 0) is 43.7 Å². The van der Waals surface area contributed by atoms with Crippen molar-refractivity contribution in [1.29, 1.82) is 0 Å². The van der Waals surface area contributed by atoms with Crippen LogP contribution in [0.15, 0.2) is 40.9 Å². The van der Waals surface area contributed by atoms with Crippen molar-refractivity contribution < 1.29 is 9.90 Å². The van der Waals surface area contributed by atoms with E-state index in [0.29, 0.717) is 23.5 Å². The van der Waals surface area contributed by atoms with Gasteiger partial charge in [-0.15, -0.1) is 0 Å². The fourth-order valence-corrected chi connectivity index (χ4v) is 2.71. The molecular formula is C16H17BrN2O2. The van der Waals surface area contributed by atoms with E-state index in [9.17, 15) is 9.90 Å². The maximum absolute atomic E-state index is 12.7. The summed E-state index contributed by atoms with van der Waals surface area (Å²) in [5, 5.41) is 9.66. The normalized spacial score (nSPS) is 10.4. The molecule has 2 aromatic carbocycles. The van der Waals surface area contributed by atoms with Crippen molar-refractivity contribution in [3.05, 3.63) is 52.0 Å². The Labute approximate surface area is 132 Å². The first-order valence-corrected chi connectivity index (χ1v) is 7.39. The van der Waals surface area contributed by atoms with Gasteiger partial charge in [-0.3, -0.25) is 4.79 Å². The Morgan fingerprint density at radius 1 is 1.29 bits per heavy atom. The van der Waals surface area contributed by atoms with Crippen molar-refractivity contribution in [3.63, 3.8) is 0 Å². The summed E-state index contributed by atoms with van der Waals surface area (Å²) in [6.45, 7) is 4.29. The van der Waals surface area contributed by atoms with Crippen LogP contribution in [0.4, 0.5) is 11.4 Å². The zero-order valence-corrected chi connectivity index (χ0v) is 13.5. The summed E-state index contributed by atoms with van der Waals surface area (Å²) >= 11 is 3.34. The summed E-state index contributed by atoms with van der Waals surface area (Å²) in [5.74, 6) is -0.0187. The van der Waals surface area contributed by atoms with Gasteiger partial charge in [0.1, 0.15) is 5.75 Å². The van der Waals surface area contributed by atoms with Gasteiger partial charge in [0.25, 0.3) is 5.91 Å². The van der Waals surface area contributed by atoms with Gasteiger partial charge >= 0.3 is 0 Å². The van der Waals surface area contributed by atoms with Crippen LogP contribution in [-0.4, -0.2) is 17.6 Å². The smallest absolute Gasteiger partial charge is 0.258 e. The topological polar surface area (TPSA) is 66.6 Å². The Morgan fingerprint density at radius 2 is 2.00 bits per heavy atom. The highest BCUT2D eigenvalue weighted by Crippen LogP contribution is 2.27. The fraction of sp³-hybridized carbons (Fsp3) is 0.188. The van der Waals surface area contributed by atoms with Gasteiger partial charge in [0.05, 0.1) is 5.69 Å². The molecule has 0 aliphatic carbocycles. The number of amides is 1. The molecule has 0 unspecified atom stereocenters. The molecule has 0 aliphatic rings. The molecule has 2 rings (SSSR count). The molecule has 5 heteroatoms. The van der Waals surface area contributed by atoms with Crippen molar-refractivity contribution in [2.45, 2.75) is 13.8 Å². The Balaban J connectivity index is 2.45. The van der Waals surface area contributed by atoms with E-state index in [1.807, 2.05) is 13.8 Å². The first-order valence-electron chi connectivity index (χ1n) is 6.60. The lowest BCUT2D eigenvalue weighted by Crippen LogP contribution is -2.31. The third kappa shape index (κ3) is 3.36. The van der Waals surface area contributed by atoms with Gasteiger partial charge in [-0.2, -0.15) is 0 Å². The lowest BCUT2D eigenvalue weighted by atomic mass is 10.1. The largest absolute Gasteiger partial charge is 0.508 e. The quantitative estimate of drug-likeness (QED) is 0.830. The van der Waals surface area contributed by atoms with Crippen LogP contribution in [-0.2, 0) is 0 Å². The second kappa shape index (κ2) is 6.18. The molecule has 3 N–H and O–H groups in total. The molecule has 0 aromatic heterocycles. The Bertz CT molecular complexity index is 666. The summed E-state index contributed by atoms with van der Waals surface area (Å²) in [5.41, 5.74) is 8.44. The SMILES string of the molecule is CCN(C(=O)c1cc(N)cc(Br)c1)c1cc(O)ccc1C. The first-order chi connectivity index (χ1) is 9.92. The number of phenols is 1. The molecule has 110 valence electrons. The molecule has 0 atom stereocenters. The standard InChI is InChI=1S/C16H17BrN2O2/c1-3-19(15-9-14(20)5-4-10(15)2)16(21)11-6-12(17)8-13(18)7-11/h4-9,20H,3,18H2,1-2H3. The first kappa shape index (κ1) is 15.4. The minimum atomic E-state index is -0.154. The lowest BCUT2D eigenvalue weighted by molar-refractivity contribution is 0.0988. The summed E-state index contributed by atoms with van der Waals surface area (Å²) in [4.78, 5) is 14.3. The molecule has 0 radical (unpaired) electrons. The van der Waals surface area contributed by atoms with E-state index < -0.39 is 0 Å². The fourth-order valence-electron chi connectivity index (χ4n) is 2.20.